The molecule has 1 saturated heterocycles. The van der Waals surface area contributed by atoms with Crippen LogP contribution in [0.4, 0.5) is 5.69 Å². The second-order valence-electron chi connectivity index (χ2n) is 5.65. The molecule has 0 atom stereocenters. The summed E-state index contributed by atoms with van der Waals surface area (Å²) in [6.45, 7) is 3.98. The van der Waals surface area contributed by atoms with Crippen molar-refractivity contribution in [3.8, 4) is 0 Å². The van der Waals surface area contributed by atoms with Crippen molar-refractivity contribution in [3.05, 3.63) is 23.9 Å². The van der Waals surface area contributed by atoms with E-state index in [1.54, 1.807) is 0 Å². The summed E-state index contributed by atoms with van der Waals surface area (Å²) in [6.07, 6.45) is 1.87. The summed E-state index contributed by atoms with van der Waals surface area (Å²) in [5, 5.41) is 11.3. The molecule has 0 saturated carbocycles. The summed E-state index contributed by atoms with van der Waals surface area (Å²) in [5.74, 6) is 0.257. The van der Waals surface area contributed by atoms with E-state index in [1.807, 2.05) is 25.1 Å². The number of fused-ring (bicyclic) bond motifs is 1. The molecule has 1 amide bonds. The maximum atomic E-state index is 12.3. The first kappa shape index (κ1) is 13.1. The molecule has 1 aliphatic heterocycles. The molecular weight excluding hydrogens is 252 g/mol. The van der Waals surface area contributed by atoms with Gasteiger partial charge in [0.25, 0.3) is 0 Å². The van der Waals surface area contributed by atoms with E-state index in [2.05, 4.69) is 27.5 Å². The molecular formula is C15H20N4O. The number of nitrogens with zero attached hydrogens (tertiary/aromatic N) is 2. The zero-order valence-electron chi connectivity index (χ0n) is 11.9. The van der Waals surface area contributed by atoms with Gasteiger partial charge in [-0.3, -0.25) is 9.89 Å². The highest BCUT2D eigenvalue weighted by Crippen LogP contribution is 2.22. The largest absolute Gasteiger partial charge is 0.326 e. The van der Waals surface area contributed by atoms with E-state index in [-0.39, 0.29) is 11.8 Å². The molecule has 0 bridgehead atoms. The van der Waals surface area contributed by atoms with Crippen LogP contribution >= 0.6 is 0 Å². The SMILES string of the molecule is Cc1[nH]nc2cc(NC(=O)C3CCN(C)CC3)ccc12. The van der Waals surface area contributed by atoms with Crippen LogP contribution in [0.3, 0.4) is 0 Å². The second-order valence-corrected chi connectivity index (χ2v) is 5.65. The summed E-state index contributed by atoms with van der Waals surface area (Å²) < 4.78 is 0. The van der Waals surface area contributed by atoms with Crippen molar-refractivity contribution in [2.75, 3.05) is 25.5 Å². The number of nitrogens with one attached hydrogen (secondary N) is 2. The Labute approximate surface area is 118 Å². The lowest BCUT2D eigenvalue weighted by atomic mass is 9.96. The minimum Gasteiger partial charge on any atom is -0.326 e. The summed E-state index contributed by atoms with van der Waals surface area (Å²) in [4.78, 5) is 14.5. The van der Waals surface area contributed by atoms with E-state index in [0.717, 1.165) is 48.2 Å². The molecule has 1 aromatic carbocycles. The number of hydrogen-bond acceptors (Lipinski definition) is 3. The number of aromatic amines is 1. The van der Waals surface area contributed by atoms with Crippen LogP contribution in [0.1, 0.15) is 18.5 Å². The highest BCUT2D eigenvalue weighted by molar-refractivity contribution is 5.95. The summed E-state index contributed by atoms with van der Waals surface area (Å²) in [7, 11) is 2.10. The number of H-pyrrole nitrogens is 1. The Balaban J connectivity index is 1.70. The van der Waals surface area contributed by atoms with Crippen LogP contribution in [0.2, 0.25) is 0 Å². The zero-order chi connectivity index (χ0) is 14.1. The van der Waals surface area contributed by atoms with Crippen LogP contribution in [0.15, 0.2) is 18.2 Å². The second kappa shape index (κ2) is 5.25. The predicted octanol–water partition coefficient (Wildman–Crippen LogP) is 2.15. The van der Waals surface area contributed by atoms with Gasteiger partial charge >= 0.3 is 0 Å². The molecule has 0 spiro atoms. The number of piperidine rings is 1. The first-order valence-corrected chi connectivity index (χ1v) is 7.07. The molecule has 0 unspecified atom stereocenters. The predicted molar refractivity (Wildman–Crippen MR) is 79.7 cm³/mol. The molecule has 1 aliphatic rings. The lowest BCUT2D eigenvalue weighted by Crippen LogP contribution is -2.35. The molecule has 1 fully saturated rings. The number of amides is 1. The third-order valence-corrected chi connectivity index (χ3v) is 4.10. The van der Waals surface area contributed by atoms with Gasteiger partial charge in [0, 0.05) is 22.7 Å². The summed E-state index contributed by atoms with van der Waals surface area (Å²) >= 11 is 0. The molecule has 0 radical (unpaired) electrons. The van der Waals surface area contributed by atoms with Crippen LogP contribution < -0.4 is 5.32 Å². The van der Waals surface area contributed by atoms with Gasteiger partial charge in [-0.05, 0) is 58.1 Å². The lowest BCUT2D eigenvalue weighted by molar-refractivity contribution is -0.121. The third-order valence-electron chi connectivity index (χ3n) is 4.10. The Kier molecular flexibility index (Phi) is 3.44. The number of aromatic nitrogens is 2. The van der Waals surface area contributed by atoms with Crippen LogP contribution in [-0.2, 0) is 4.79 Å². The maximum Gasteiger partial charge on any atom is 0.227 e. The molecule has 2 aromatic rings. The van der Waals surface area contributed by atoms with Crippen LogP contribution in [0.25, 0.3) is 10.9 Å². The molecule has 5 heteroatoms. The zero-order valence-corrected chi connectivity index (χ0v) is 11.9. The van der Waals surface area contributed by atoms with E-state index in [0.29, 0.717) is 0 Å². The molecule has 106 valence electrons. The number of hydrogen-bond donors (Lipinski definition) is 2. The standard InChI is InChI=1S/C15H20N4O/c1-10-13-4-3-12(9-14(13)18-17-10)16-15(20)11-5-7-19(2)8-6-11/h3-4,9,11H,5-8H2,1-2H3,(H,16,20)(H,17,18). The minimum absolute atomic E-state index is 0.128. The number of carbonyl (C=O) groups is 1. The third kappa shape index (κ3) is 2.54. The van der Waals surface area contributed by atoms with Gasteiger partial charge in [0.05, 0.1) is 5.52 Å². The average molecular weight is 272 g/mol. The highest BCUT2D eigenvalue weighted by atomic mass is 16.1. The number of carbonyl (C=O) groups excluding carboxylic acids is 1. The molecule has 5 nitrogen and oxygen atoms in total. The number of rotatable bonds is 2. The van der Waals surface area contributed by atoms with Gasteiger partial charge in [-0.25, -0.2) is 0 Å². The van der Waals surface area contributed by atoms with Crippen molar-refractivity contribution in [2.24, 2.45) is 5.92 Å². The highest BCUT2D eigenvalue weighted by Gasteiger charge is 2.23. The van der Waals surface area contributed by atoms with Gasteiger partial charge in [-0.1, -0.05) is 0 Å². The van der Waals surface area contributed by atoms with E-state index >= 15 is 0 Å². The smallest absolute Gasteiger partial charge is 0.227 e. The quantitative estimate of drug-likeness (QED) is 0.880. The van der Waals surface area contributed by atoms with Crippen molar-refractivity contribution in [2.45, 2.75) is 19.8 Å². The Hall–Kier alpha value is -1.88. The molecule has 0 aliphatic carbocycles. The first-order valence-electron chi connectivity index (χ1n) is 7.07. The van der Waals surface area contributed by atoms with Gasteiger partial charge in [0.1, 0.15) is 0 Å². The van der Waals surface area contributed by atoms with Gasteiger partial charge in [-0.2, -0.15) is 5.10 Å². The number of anilines is 1. The average Bonchev–Trinajstić information content (AvgIpc) is 2.81. The van der Waals surface area contributed by atoms with Crippen LogP contribution in [0.5, 0.6) is 0 Å². The Morgan fingerprint density at radius 2 is 2.15 bits per heavy atom. The fraction of sp³-hybridized carbons (Fsp3) is 0.467. The summed E-state index contributed by atoms with van der Waals surface area (Å²) in [6, 6.07) is 5.86. The minimum atomic E-state index is 0.128. The molecule has 2 heterocycles. The lowest BCUT2D eigenvalue weighted by Gasteiger charge is -2.28. The van der Waals surface area contributed by atoms with Crippen LogP contribution in [-0.4, -0.2) is 41.1 Å². The normalized spacial score (nSPS) is 17.5. The number of likely N-dealkylation sites (tertiary alicyclic amines) is 1. The van der Waals surface area contributed by atoms with E-state index < -0.39 is 0 Å². The van der Waals surface area contributed by atoms with Crippen molar-refractivity contribution < 1.29 is 4.79 Å². The van der Waals surface area contributed by atoms with Crippen LogP contribution in [0, 0.1) is 12.8 Å². The van der Waals surface area contributed by atoms with Crippen molar-refractivity contribution in [1.29, 1.82) is 0 Å². The van der Waals surface area contributed by atoms with Gasteiger partial charge in [0.15, 0.2) is 0 Å². The molecule has 20 heavy (non-hydrogen) atoms. The van der Waals surface area contributed by atoms with Gasteiger partial charge in [0.2, 0.25) is 5.91 Å². The van der Waals surface area contributed by atoms with Crippen molar-refractivity contribution in [1.82, 2.24) is 15.1 Å². The molecule has 3 rings (SSSR count). The topological polar surface area (TPSA) is 61.0 Å². The monoisotopic (exact) mass is 272 g/mol. The summed E-state index contributed by atoms with van der Waals surface area (Å²) in [5.41, 5.74) is 2.77. The van der Waals surface area contributed by atoms with E-state index in [4.69, 9.17) is 0 Å². The number of aryl methyl sites for hydroxylation is 1. The maximum absolute atomic E-state index is 12.3. The van der Waals surface area contributed by atoms with Gasteiger partial charge < -0.3 is 10.2 Å². The fourth-order valence-electron chi connectivity index (χ4n) is 2.74. The van der Waals surface area contributed by atoms with E-state index in [9.17, 15) is 4.79 Å². The van der Waals surface area contributed by atoms with E-state index in [1.165, 1.54) is 0 Å². The Bertz CT molecular complexity index is 626. The molecule has 1 aromatic heterocycles. The van der Waals surface area contributed by atoms with Crippen molar-refractivity contribution in [3.63, 3.8) is 0 Å². The first-order chi connectivity index (χ1) is 9.63. The number of benzene rings is 1. The Morgan fingerprint density at radius 1 is 1.40 bits per heavy atom. The van der Waals surface area contributed by atoms with Gasteiger partial charge in [-0.15, -0.1) is 0 Å². The molecule has 2 N–H and O–H groups in total. The Morgan fingerprint density at radius 3 is 2.90 bits per heavy atom. The van der Waals surface area contributed by atoms with Crippen molar-refractivity contribution >= 4 is 22.5 Å². The fourth-order valence-corrected chi connectivity index (χ4v) is 2.74.